The van der Waals surface area contributed by atoms with E-state index in [-0.39, 0.29) is 17.6 Å². The summed E-state index contributed by atoms with van der Waals surface area (Å²) < 4.78 is 0.760. The van der Waals surface area contributed by atoms with E-state index in [2.05, 4.69) is 22.0 Å². The average Bonchev–Trinajstić information content (AvgIpc) is 2.41. The maximum Gasteiger partial charge on any atom is 0.257 e. The Labute approximate surface area is 114 Å². The summed E-state index contributed by atoms with van der Waals surface area (Å²) in [7, 11) is 0. The van der Waals surface area contributed by atoms with Crippen LogP contribution < -0.4 is 0 Å². The largest absolute Gasteiger partial charge is 0.507 e. The highest BCUT2D eigenvalue weighted by molar-refractivity contribution is 9.10. The predicted octanol–water partition coefficient (Wildman–Crippen LogP) is 2.53. The zero-order chi connectivity index (χ0) is 13.1. The van der Waals surface area contributed by atoms with E-state index in [0.29, 0.717) is 31.5 Å². The first-order valence-corrected chi connectivity index (χ1v) is 6.58. The minimum Gasteiger partial charge on any atom is -0.507 e. The molecule has 94 valence electrons. The summed E-state index contributed by atoms with van der Waals surface area (Å²) in [6.45, 7) is 1.14. The molecule has 1 saturated heterocycles. The van der Waals surface area contributed by atoms with Crippen molar-refractivity contribution >= 4 is 21.8 Å². The van der Waals surface area contributed by atoms with Crippen LogP contribution in [0.3, 0.4) is 0 Å². The van der Waals surface area contributed by atoms with E-state index in [1.807, 2.05) is 0 Å². The molecule has 1 aliphatic heterocycles. The Morgan fingerprint density at radius 2 is 2.11 bits per heavy atom. The molecule has 0 spiro atoms. The third-order valence-electron chi connectivity index (χ3n) is 3.15. The van der Waals surface area contributed by atoms with Gasteiger partial charge in [-0.3, -0.25) is 4.79 Å². The van der Waals surface area contributed by atoms with Crippen molar-refractivity contribution in [3.63, 3.8) is 0 Å². The minimum absolute atomic E-state index is 0.00870. The summed E-state index contributed by atoms with van der Waals surface area (Å²) in [5.41, 5.74) is 0.305. The number of carbonyl (C=O) groups is 1. The highest BCUT2D eigenvalue weighted by atomic mass is 79.9. The molecule has 1 aromatic rings. The first kappa shape index (κ1) is 12.9. The van der Waals surface area contributed by atoms with Crippen LogP contribution >= 0.6 is 15.9 Å². The molecule has 2 rings (SSSR count). The van der Waals surface area contributed by atoms with Crippen LogP contribution in [0.4, 0.5) is 0 Å². The predicted molar refractivity (Wildman–Crippen MR) is 70.0 cm³/mol. The minimum atomic E-state index is -0.176. The molecular weight excluding hydrogens is 296 g/mol. The lowest BCUT2D eigenvalue weighted by Crippen LogP contribution is -2.38. The van der Waals surface area contributed by atoms with Gasteiger partial charge in [0.25, 0.3) is 5.91 Å². The molecular formula is C13H13BrN2O2. The molecule has 0 saturated carbocycles. The highest BCUT2D eigenvalue weighted by Crippen LogP contribution is 2.25. The lowest BCUT2D eigenvalue weighted by atomic mass is 9.98. The summed E-state index contributed by atoms with van der Waals surface area (Å²) in [4.78, 5) is 13.9. The number of aromatic hydroxyl groups is 1. The molecule has 1 aliphatic rings. The molecule has 0 unspecified atom stereocenters. The molecule has 1 amide bonds. The first-order chi connectivity index (χ1) is 8.61. The molecule has 1 aromatic carbocycles. The van der Waals surface area contributed by atoms with Crippen LogP contribution in [0.2, 0.25) is 0 Å². The molecule has 0 radical (unpaired) electrons. The molecule has 5 heteroatoms. The average molecular weight is 309 g/mol. The molecule has 4 nitrogen and oxygen atoms in total. The number of phenols is 1. The zero-order valence-corrected chi connectivity index (χ0v) is 11.4. The number of amides is 1. The van der Waals surface area contributed by atoms with E-state index >= 15 is 0 Å². The van der Waals surface area contributed by atoms with E-state index in [4.69, 9.17) is 5.26 Å². The fraction of sp³-hybridized carbons (Fsp3) is 0.385. The second-order valence-electron chi connectivity index (χ2n) is 4.36. The van der Waals surface area contributed by atoms with Gasteiger partial charge in [0.05, 0.1) is 11.6 Å². The molecule has 1 fully saturated rings. The van der Waals surface area contributed by atoms with Crippen molar-refractivity contribution in [2.75, 3.05) is 13.1 Å². The molecule has 18 heavy (non-hydrogen) atoms. The number of nitrogens with zero attached hydrogens (tertiary/aromatic N) is 2. The normalized spacial score (nSPS) is 16.3. The highest BCUT2D eigenvalue weighted by Gasteiger charge is 2.25. The van der Waals surface area contributed by atoms with Gasteiger partial charge in [0.15, 0.2) is 0 Å². The number of rotatable bonds is 1. The van der Waals surface area contributed by atoms with Crippen LogP contribution in [0.15, 0.2) is 22.7 Å². The number of carbonyl (C=O) groups excluding carboxylic acids is 1. The Morgan fingerprint density at radius 3 is 2.72 bits per heavy atom. The van der Waals surface area contributed by atoms with Gasteiger partial charge in [-0.2, -0.15) is 5.26 Å². The fourth-order valence-corrected chi connectivity index (χ4v) is 2.42. The maximum atomic E-state index is 12.2. The SMILES string of the molecule is N#CC1CCN(C(=O)c2cc(Br)ccc2O)CC1. The Balaban J connectivity index is 2.13. The number of likely N-dealkylation sites (tertiary alicyclic amines) is 1. The smallest absolute Gasteiger partial charge is 0.257 e. The molecule has 0 aliphatic carbocycles. The van der Waals surface area contributed by atoms with Crippen molar-refractivity contribution in [1.82, 2.24) is 4.90 Å². The van der Waals surface area contributed by atoms with Crippen LogP contribution in [-0.4, -0.2) is 29.0 Å². The van der Waals surface area contributed by atoms with Crippen LogP contribution in [0.5, 0.6) is 5.75 Å². The second kappa shape index (κ2) is 5.40. The van der Waals surface area contributed by atoms with E-state index in [1.54, 1.807) is 17.0 Å². The Hall–Kier alpha value is -1.54. The fourth-order valence-electron chi connectivity index (χ4n) is 2.06. The van der Waals surface area contributed by atoms with Crippen LogP contribution in [0.25, 0.3) is 0 Å². The number of benzene rings is 1. The van der Waals surface area contributed by atoms with Crippen molar-refractivity contribution in [2.24, 2.45) is 5.92 Å². The summed E-state index contributed by atoms with van der Waals surface area (Å²) in [6, 6.07) is 7.04. The van der Waals surface area contributed by atoms with Gasteiger partial charge < -0.3 is 10.0 Å². The van der Waals surface area contributed by atoms with Gasteiger partial charge in [-0.1, -0.05) is 15.9 Å². The summed E-state index contributed by atoms with van der Waals surface area (Å²) in [6.07, 6.45) is 1.41. The zero-order valence-electron chi connectivity index (χ0n) is 9.77. The third-order valence-corrected chi connectivity index (χ3v) is 3.65. The van der Waals surface area contributed by atoms with Crippen molar-refractivity contribution in [3.05, 3.63) is 28.2 Å². The number of phenolic OH excluding ortho intramolecular Hbond substituents is 1. The van der Waals surface area contributed by atoms with Crippen molar-refractivity contribution in [2.45, 2.75) is 12.8 Å². The van der Waals surface area contributed by atoms with Crippen molar-refractivity contribution in [1.29, 1.82) is 5.26 Å². The Morgan fingerprint density at radius 1 is 1.44 bits per heavy atom. The van der Waals surface area contributed by atoms with Crippen LogP contribution in [-0.2, 0) is 0 Å². The number of hydrogen-bond donors (Lipinski definition) is 1. The molecule has 1 heterocycles. The second-order valence-corrected chi connectivity index (χ2v) is 5.27. The van der Waals surface area contributed by atoms with Gasteiger partial charge in [-0.05, 0) is 31.0 Å². The number of halogens is 1. The van der Waals surface area contributed by atoms with E-state index in [0.717, 1.165) is 4.47 Å². The van der Waals surface area contributed by atoms with Gasteiger partial charge >= 0.3 is 0 Å². The maximum absolute atomic E-state index is 12.2. The van der Waals surface area contributed by atoms with Gasteiger partial charge in [0, 0.05) is 23.5 Å². The molecule has 0 bridgehead atoms. The summed E-state index contributed by atoms with van der Waals surface area (Å²) >= 11 is 3.28. The molecule has 0 atom stereocenters. The Bertz CT molecular complexity index is 502. The van der Waals surface area contributed by atoms with Gasteiger partial charge in [-0.25, -0.2) is 0 Å². The van der Waals surface area contributed by atoms with Gasteiger partial charge in [0.2, 0.25) is 0 Å². The lowest BCUT2D eigenvalue weighted by Gasteiger charge is -2.29. The van der Waals surface area contributed by atoms with E-state index < -0.39 is 0 Å². The van der Waals surface area contributed by atoms with E-state index in [1.165, 1.54) is 6.07 Å². The quantitative estimate of drug-likeness (QED) is 0.867. The number of nitriles is 1. The Kier molecular flexibility index (Phi) is 3.87. The first-order valence-electron chi connectivity index (χ1n) is 5.79. The topological polar surface area (TPSA) is 64.3 Å². The third kappa shape index (κ3) is 2.65. The standard InChI is InChI=1S/C13H13BrN2O2/c14-10-1-2-12(17)11(7-10)13(18)16-5-3-9(8-15)4-6-16/h1-2,7,9,17H,3-6H2. The van der Waals surface area contributed by atoms with Crippen molar-refractivity contribution < 1.29 is 9.90 Å². The monoisotopic (exact) mass is 308 g/mol. The van der Waals surface area contributed by atoms with Crippen LogP contribution in [0, 0.1) is 17.2 Å². The lowest BCUT2D eigenvalue weighted by molar-refractivity contribution is 0.0704. The van der Waals surface area contributed by atoms with Crippen LogP contribution in [0.1, 0.15) is 23.2 Å². The van der Waals surface area contributed by atoms with Crippen molar-refractivity contribution in [3.8, 4) is 11.8 Å². The van der Waals surface area contributed by atoms with Gasteiger partial charge in [0.1, 0.15) is 5.75 Å². The molecule has 0 aromatic heterocycles. The van der Waals surface area contributed by atoms with Gasteiger partial charge in [-0.15, -0.1) is 0 Å². The molecule has 1 N–H and O–H groups in total. The van der Waals surface area contributed by atoms with E-state index in [9.17, 15) is 9.90 Å². The number of piperidine rings is 1. The summed E-state index contributed by atoms with van der Waals surface area (Å²) in [5.74, 6) is -0.138. The summed E-state index contributed by atoms with van der Waals surface area (Å²) in [5, 5.41) is 18.5. The number of hydrogen-bond acceptors (Lipinski definition) is 3.